The maximum absolute atomic E-state index is 11.9. The third-order valence-corrected chi connectivity index (χ3v) is 2.87. The van der Waals surface area contributed by atoms with Crippen LogP contribution in [0.15, 0.2) is 0 Å². The maximum Gasteiger partial charge on any atom is 0.224 e. The highest BCUT2D eigenvalue weighted by Gasteiger charge is 2.21. The van der Waals surface area contributed by atoms with Crippen LogP contribution in [0.5, 0.6) is 0 Å². The number of carbonyl (C=O) groups excluding carboxylic acids is 1. The van der Waals surface area contributed by atoms with Crippen LogP contribution in [-0.4, -0.2) is 36.0 Å². The monoisotopic (exact) mass is 198 g/mol. The molecule has 1 saturated heterocycles. The van der Waals surface area contributed by atoms with Gasteiger partial charge in [0.1, 0.15) is 0 Å². The molecule has 0 saturated carbocycles. The molecule has 1 aliphatic rings. The maximum atomic E-state index is 11.9. The molecule has 1 unspecified atom stereocenters. The van der Waals surface area contributed by atoms with E-state index in [0.717, 1.165) is 19.5 Å². The van der Waals surface area contributed by atoms with Crippen LogP contribution in [0.3, 0.4) is 0 Å². The summed E-state index contributed by atoms with van der Waals surface area (Å²) in [6, 6.07) is 0.754. The molecule has 1 atom stereocenters. The number of amides is 1. The standard InChI is InChI=1S/C11H22N2O/c1-4-13(9(2)3)11(14)8-10-6-5-7-12-10/h9-10,12H,4-8H2,1-3H3. The van der Waals surface area contributed by atoms with E-state index in [0.29, 0.717) is 24.4 Å². The Hall–Kier alpha value is -0.570. The Morgan fingerprint density at radius 1 is 1.57 bits per heavy atom. The predicted octanol–water partition coefficient (Wildman–Crippen LogP) is 1.39. The molecule has 0 aromatic carbocycles. The number of carbonyl (C=O) groups is 1. The van der Waals surface area contributed by atoms with Crippen LogP contribution in [0.1, 0.15) is 40.0 Å². The summed E-state index contributed by atoms with van der Waals surface area (Å²) in [5.74, 6) is 0.293. The van der Waals surface area contributed by atoms with E-state index in [1.807, 2.05) is 11.8 Å². The average Bonchev–Trinajstić information content (AvgIpc) is 2.57. The Bertz CT molecular complexity index is 186. The first-order chi connectivity index (χ1) is 6.65. The van der Waals surface area contributed by atoms with Crippen molar-refractivity contribution in [2.24, 2.45) is 0 Å². The van der Waals surface area contributed by atoms with E-state index in [1.54, 1.807) is 0 Å². The Labute approximate surface area is 86.9 Å². The van der Waals surface area contributed by atoms with Gasteiger partial charge >= 0.3 is 0 Å². The highest BCUT2D eigenvalue weighted by Crippen LogP contribution is 2.11. The fourth-order valence-corrected chi connectivity index (χ4v) is 2.09. The van der Waals surface area contributed by atoms with Crippen molar-refractivity contribution in [3.05, 3.63) is 0 Å². The van der Waals surface area contributed by atoms with Gasteiger partial charge in [-0.3, -0.25) is 4.79 Å². The highest BCUT2D eigenvalue weighted by atomic mass is 16.2. The first-order valence-corrected chi connectivity index (χ1v) is 5.68. The summed E-state index contributed by atoms with van der Waals surface area (Å²) < 4.78 is 0. The van der Waals surface area contributed by atoms with Gasteiger partial charge < -0.3 is 10.2 Å². The summed E-state index contributed by atoms with van der Waals surface area (Å²) in [5.41, 5.74) is 0. The van der Waals surface area contributed by atoms with E-state index >= 15 is 0 Å². The van der Waals surface area contributed by atoms with E-state index < -0.39 is 0 Å². The van der Waals surface area contributed by atoms with Crippen LogP contribution in [0.2, 0.25) is 0 Å². The van der Waals surface area contributed by atoms with E-state index in [-0.39, 0.29) is 0 Å². The van der Waals surface area contributed by atoms with Crippen LogP contribution in [-0.2, 0) is 4.79 Å². The van der Waals surface area contributed by atoms with Crippen molar-refractivity contribution in [3.8, 4) is 0 Å². The number of hydrogen-bond acceptors (Lipinski definition) is 2. The van der Waals surface area contributed by atoms with Gasteiger partial charge in [0, 0.05) is 25.0 Å². The highest BCUT2D eigenvalue weighted by molar-refractivity contribution is 5.77. The lowest BCUT2D eigenvalue weighted by Gasteiger charge is -2.26. The molecule has 1 heterocycles. The summed E-state index contributed by atoms with van der Waals surface area (Å²) in [6.45, 7) is 8.09. The van der Waals surface area contributed by atoms with E-state index in [9.17, 15) is 4.79 Å². The van der Waals surface area contributed by atoms with Crippen molar-refractivity contribution in [2.75, 3.05) is 13.1 Å². The van der Waals surface area contributed by atoms with Gasteiger partial charge in [-0.15, -0.1) is 0 Å². The smallest absolute Gasteiger partial charge is 0.224 e. The minimum Gasteiger partial charge on any atom is -0.341 e. The molecule has 82 valence electrons. The Morgan fingerprint density at radius 2 is 2.29 bits per heavy atom. The van der Waals surface area contributed by atoms with Gasteiger partial charge in [0.25, 0.3) is 0 Å². The zero-order valence-corrected chi connectivity index (χ0v) is 9.55. The van der Waals surface area contributed by atoms with E-state index in [1.165, 1.54) is 6.42 Å². The molecule has 0 aliphatic carbocycles. The van der Waals surface area contributed by atoms with Gasteiger partial charge in [-0.1, -0.05) is 0 Å². The lowest BCUT2D eigenvalue weighted by Crippen LogP contribution is -2.39. The third kappa shape index (κ3) is 2.98. The van der Waals surface area contributed by atoms with Crippen LogP contribution < -0.4 is 5.32 Å². The summed E-state index contributed by atoms with van der Waals surface area (Å²) in [5, 5.41) is 3.36. The van der Waals surface area contributed by atoms with Gasteiger partial charge in [-0.05, 0) is 40.2 Å². The van der Waals surface area contributed by atoms with Crippen molar-refractivity contribution in [3.63, 3.8) is 0 Å². The number of nitrogens with zero attached hydrogens (tertiary/aromatic N) is 1. The van der Waals surface area contributed by atoms with Crippen LogP contribution in [0.25, 0.3) is 0 Å². The van der Waals surface area contributed by atoms with Crippen LogP contribution >= 0.6 is 0 Å². The van der Waals surface area contributed by atoms with E-state index in [4.69, 9.17) is 0 Å². The molecule has 0 radical (unpaired) electrons. The molecule has 3 nitrogen and oxygen atoms in total. The molecule has 1 N–H and O–H groups in total. The normalized spacial score (nSPS) is 21.6. The molecule has 1 aliphatic heterocycles. The second-order valence-electron chi connectivity index (χ2n) is 4.27. The molecular formula is C11H22N2O. The average molecular weight is 198 g/mol. The topological polar surface area (TPSA) is 32.3 Å². The first-order valence-electron chi connectivity index (χ1n) is 5.68. The summed E-state index contributed by atoms with van der Waals surface area (Å²) in [6.07, 6.45) is 3.04. The van der Waals surface area contributed by atoms with Gasteiger partial charge in [0.15, 0.2) is 0 Å². The van der Waals surface area contributed by atoms with Gasteiger partial charge in [-0.25, -0.2) is 0 Å². The molecular weight excluding hydrogens is 176 g/mol. The molecule has 1 amide bonds. The number of hydrogen-bond donors (Lipinski definition) is 1. The van der Waals surface area contributed by atoms with Gasteiger partial charge in [0.05, 0.1) is 0 Å². The van der Waals surface area contributed by atoms with Crippen molar-refractivity contribution in [2.45, 2.75) is 52.1 Å². The van der Waals surface area contributed by atoms with Crippen molar-refractivity contribution >= 4 is 5.91 Å². The zero-order valence-electron chi connectivity index (χ0n) is 9.55. The molecule has 0 aromatic heterocycles. The molecule has 1 rings (SSSR count). The lowest BCUT2D eigenvalue weighted by molar-refractivity contribution is -0.133. The predicted molar refractivity (Wildman–Crippen MR) is 58.2 cm³/mol. The van der Waals surface area contributed by atoms with Crippen molar-refractivity contribution in [1.82, 2.24) is 10.2 Å². The summed E-state index contributed by atoms with van der Waals surface area (Å²) in [7, 11) is 0. The quantitative estimate of drug-likeness (QED) is 0.740. The van der Waals surface area contributed by atoms with Crippen LogP contribution in [0.4, 0.5) is 0 Å². The SMILES string of the molecule is CCN(C(=O)CC1CCCN1)C(C)C. The van der Waals surface area contributed by atoms with Gasteiger partial charge in [-0.2, -0.15) is 0 Å². The minimum absolute atomic E-state index is 0.293. The molecule has 0 aromatic rings. The second-order valence-corrected chi connectivity index (χ2v) is 4.27. The van der Waals surface area contributed by atoms with Crippen molar-refractivity contribution < 1.29 is 4.79 Å². The largest absolute Gasteiger partial charge is 0.341 e. The molecule has 0 spiro atoms. The first kappa shape index (κ1) is 11.5. The molecule has 14 heavy (non-hydrogen) atoms. The number of rotatable bonds is 4. The van der Waals surface area contributed by atoms with Gasteiger partial charge in [0.2, 0.25) is 5.91 Å². The minimum atomic E-state index is 0.293. The fourth-order valence-electron chi connectivity index (χ4n) is 2.09. The zero-order chi connectivity index (χ0) is 10.6. The van der Waals surface area contributed by atoms with Crippen LogP contribution in [0, 0.1) is 0 Å². The van der Waals surface area contributed by atoms with Crippen molar-refractivity contribution in [1.29, 1.82) is 0 Å². The molecule has 1 fully saturated rings. The van der Waals surface area contributed by atoms with E-state index in [2.05, 4.69) is 19.2 Å². The Morgan fingerprint density at radius 3 is 2.71 bits per heavy atom. The lowest BCUT2D eigenvalue weighted by atomic mass is 10.1. The third-order valence-electron chi connectivity index (χ3n) is 2.87. The molecule has 0 bridgehead atoms. The number of nitrogens with one attached hydrogen (secondary N) is 1. The molecule has 3 heteroatoms. The fraction of sp³-hybridized carbons (Fsp3) is 0.909. The Balaban J connectivity index is 2.38. The Kier molecular flexibility index (Phi) is 4.39. The second kappa shape index (κ2) is 5.35. The summed E-state index contributed by atoms with van der Waals surface area (Å²) in [4.78, 5) is 13.8. The summed E-state index contributed by atoms with van der Waals surface area (Å²) >= 11 is 0.